The summed E-state index contributed by atoms with van der Waals surface area (Å²) in [6, 6.07) is 0. The summed E-state index contributed by atoms with van der Waals surface area (Å²) in [5.74, 6) is 0. The van der Waals surface area contributed by atoms with Gasteiger partial charge in [-0.05, 0) is 20.3 Å². The van der Waals surface area contributed by atoms with E-state index in [-0.39, 0.29) is 0 Å². The van der Waals surface area contributed by atoms with Crippen molar-refractivity contribution in [2.75, 3.05) is 26.3 Å². The summed E-state index contributed by atoms with van der Waals surface area (Å²) in [6.45, 7) is 8.25. The van der Waals surface area contributed by atoms with E-state index in [2.05, 4.69) is 24.8 Å². The van der Waals surface area contributed by atoms with Crippen LogP contribution in [0.3, 0.4) is 0 Å². The lowest BCUT2D eigenvalue weighted by Gasteiger charge is -2.21. The van der Waals surface area contributed by atoms with Crippen molar-refractivity contribution in [1.29, 1.82) is 0 Å². The molecule has 0 N–H and O–H groups in total. The van der Waals surface area contributed by atoms with Gasteiger partial charge >= 0.3 is 0 Å². The first-order valence-corrected chi connectivity index (χ1v) is 4.30. The summed E-state index contributed by atoms with van der Waals surface area (Å²) < 4.78 is 5.35. The Labute approximate surface area is 68.8 Å². The lowest BCUT2D eigenvalue weighted by Crippen LogP contribution is -2.24. The van der Waals surface area contributed by atoms with Gasteiger partial charge in [0.05, 0.1) is 6.61 Å². The smallest absolute Gasteiger partial charge is 0.0641 e. The first-order chi connectivity index (χ1) is 5.34. The fourth-order valence-electron chi connectivity index (χ4n) is 1.28. The van der Waals surface area contributed by atoms with E-state index in [9.17, 15) is 0 Å². The molecule has 0 amide bonds. The third kappa shape index (κ3) is 2.54. The van der Waals surface area contributed by atoms with E-state index < -0.39 is 0 Å². The van der Waals surface area contributed by atoms with Gasteiger partial charge in [-0.25, -0.2) is 0 Å². The molecule has 0 aromatic rings. The Morgan fingerprint density at radius 2 is 2.18 bits per heavy atom. The Morgan fingerprint density at radius 3 is 2.91 bits per heavy atom. The van der Waals surface area contributed by atoms with Crippen LogP contribution in [0, 0.1) is 0 Å². The molecule has 1 saturated heterocycles. The maximum Gasteiger partial charge on any atom is 0.0641 e. The summed E-state index contributed by atoms with van der Waals surface area (Å²) in [4.78, 5) is 2.38. The average Bonchev–Trinajstić information content (AvgIpc) is 2.30. The maximum atomic E-state index is 5.35. The van der Waals surface area contributed by atoms with E-state index >= 15 is 0 Å². The van der Waals surface area contributed by atoms with Gasteiger partial charge in [-0.1, -0.05) is 6.08 Å². The molecule has 1 aliphatic heterocycles. The zero-order valence-electron chi connectivity index (χ0n) is 7.47. The third-order valence-electron chi connectivity index (χ3n) is 2.14. The van der Waals surface area contributed by atoms with Crippen molar-refractivity contribution in [1.82, 2.24) is 4.90 Å². The molecule has 0 atom stereocenters. The molecule has 0 bridgehead atoms. The molecule has 1 fully saturated rings. The van der Waals surface area contributed by atoms with Crippen LogP contribution in [-0.2, 0) is 4.74 Å². The highest BCUT2D eigenvalue weighted by molar-refractivity contribution is 4.95. The predicted molar refractivity (Wildman–Crippen MR) is 46.4 cm³/mol. The van der Waals surface area contributed by atoms with Gasteiger partial charge in [0.1, 0.15) is 0 Å². The quantitative estimate of drug-likeness (QED) is 0.570. The SMILES string of the molecule is C/C=C(\C)N1CCCOCC1. The molecule has 2 heteroatoms. The number of ether oxygens (including phenoxy) is 1. The highest BCUT2D eigenvalue weighted by atomic mass is 16.5. The van der Waals surface area contributed by atoms with Crippen molar-refractivity contribution in [3.8, 4) is 0 Å². The van der Waals surface area contributed by atoms with Crippen molar-refractivity contribution < 1.29 is 4.74 Å². The van der Waals surface area contributed by atoms with Crippen molar-refractivity contribution in [2.24, 2.45) is 0 Å². The Kier molecular flexibility index (Phi) is 3.43. The van der Waals surface area contributed by atoms with Gasteiger partial charge in [-0.3, -0.25) is 0 Å². The van der Waals surface area contributed by atoms with Crippen LogP contribution in [0.1, 0.15) is 20.3 Å². The van der Waals surface area contributed by atoms with Crippen LogP contribution in [0.2, 0.25) is 0 Å². The van der Waals surface area contributed by atoms with E-state index in [1.165, 1.54) is 5.70 Å². The minimum absolute atomic E-state index is 0.880. The number of hydrogen-bond donors (Lipinski definition) is 0. The average molecular weight is 155 g/mol. The van der Waals surface area contributed by atoms with E-state index in [1.807, 2.05) is 0 Å². The number of hydrogen-bond acceptors (Lipinski definition) is 2. The Morgan fingerprint density at radius 1 is 1.36 bits per heavy atom. The fraction of sp³-hybridized carbons (Fsp3) is 0.778. The Bertz CT molecular complexity index is 134. The third-order valence-corrected chi connectivity index (χ3v) is 2.14. The van der Waals surface area contributed by atoms with Gasteiger partial charge in [0.25, 0.3) is 0 Å². The van der Waals surface area contributed by atoms with E-state index in [1.54, 1.807) is 0 Å². The van der Waals surface area contributed by atoms with Crippen LogP contribution in [-0.4, -0.2) is 31.2 Å². The molecule has 0 saturated carbocycles. The lowest BCUT2D eigenvalue weighted by molar-refractivity contribution is 0.145. The molecule has 0 radical (unpaired) electrons. The standard InChI is InChI=1S/C9H17NO/c1-3-9(2)10-5-4-7-11-8-6-10/h3H,4-8H2,1-2H3/b9-3+. The van der Waals surface area contributed by atoms with Crippen LogP contribution in [0.15, 0.2) is 11.8 Å². The summed E-state index contributed by atoms with van der Waals surface area (Å²) in [5, 5.41) is 0. The number of nitrogens with zero attached hydrogens (tertiary/aromatic N) is 1. The van der Waals surface area contributed by atoms with Crippen LogP contribution < -0.4 is 0 Å². The number of rotatable bonds is 1. The van der Waals surface area contributed by atoms with Gasteiger partial charge in [0.2, 0.25) is 0 Å². The molecule has 0 spiro atoms. The Balaban J connectivity index is 2.42. The Hall–Kier alpha value is -0.500. The second-order valence-corrected chi connectivity index (χ2v) is 2.88. The second kappa shape index (κ2) is 4.39. The van der Waals surface area contributed by atoms with E-state index in [0.29, 0.717) is 0 Å². The molecule has 0 aromatic carbocycles. The van der Waals surface area contributed by atoms with Crippen molar-refractivity contribution in [2.45, 2.75) is 20.3 Å². The van der Waals surface area contributed by atoms with E-state index in [0.717, 1.165) is 32.7 Å². The highest BCUT2D eigenvalue weighted by Crippen LogP contribution is 2.06. The van der Waals surface area contributed by atoms with Gasteiger partial charge in [-0.2, -0.15) is 0 Å². The number of allylic oxidation sites excluding steroid dienone is 2. The molecule has 1 rings (SSSR count). The zero-order chi connectivity index (χ0) is 8.10. The minimum atomic E-state index is 0.880. The molecule has 64 valence electrons. The molecule has 0 unspecified atom stereocenters. The summed E-state index contributed by atoms with van der Waals surface area (Å²) in [6.07, 6.45) is 3.32. The first kappa shape index (κ1) is 8.60. The van der Waals surface area contributed by atoms with Gasteiger partial charge in [0.15, 0.2) is 0 Å². The fourth-order valence-corrected chi connectivity index (χ4v) is 1.28. The van der Waals surface area contributed by atoms with Gasteiger partial charge in [-0.15, -0.1) is 0 Å². The lowest BCUT2D eigenvalue weighted by atomic mass is 10.3. The van der Waals surface area contributed by atoms with Crippen molar-refractivity contribution in [3.63, 3.8) is 0 Å². The molecular weight excluding hydrogens is 138 g/mol. The highest BCUT2D eigenvalue weighted by Gasteiger charge is 2.07. The van der Waals surface area contributed by atoms with Crippen molar-refractivity contribution in [3.05, 3.63) is 11.8 Å². The van der Waals surface area contributed by atoms with Crippen LogP contribution in [0.5, 0.6) is 0 Å². The maximum absolute atomic E-state index is 5.35. The van der Waals surface area contributed by atoms with E-state index in [4.69, 9.17) is 4.74 Å². The monoisotopic (exact) mass is 155 g/mol. The van der Waals surface area contributed by atoms with Crippen LogP contribution >= 0.6 is 0 Å². The van der Waals surface area contributed by atoms with Crippen LogP contribution in [0.4, 0.5) is 0 Å². The first-order valence-electron chi connectivity index (χ1n) is 4.30. The predicted octanol–water partition coefficient (Wildman–Crippen LogP) is 1.63. The normalized spacial score (nSPS) is 21.6. The molecule has 1 heterocycles. The van der Waals surface area contributed by atoms with Gasteiger partial charge < -0.3 is 9.64 Å². The summed E-state index contributed by atoms with van der Waals surface area (Å²) in [7, 11) is 0. The molecule has 11 heavy (non-hydrogen) atoms. The zero-order valence-corrected chi connectivity index (χ0v) is 7.47. The van der Waals surface area contributed by atoms with Crippen molar-refractivity contribution >= 4 is 0 Å². The summed E-state index contributed by atoms with van der Waals surface area (Å²) in [5.41, 5.74) is 1.37. The minimum Gasteiger partial charge on any atom is -0.380 e. The topological polar surface area (TPSA) is 12.5 Å². The second-order valence-electron chi connectivity index (χ2n) is 2.88. The molecule has 1 aliphatic rings. The molecular formula is C9H17NO. The van der Waals surface area contributed by atoms with Crippen LogP contribution in [0.25, 0.3) is 0 Å². The summed E-state index contributed by atoms with van der Waals surface area (Å²) >= 11 is 0. The molecule has 2 nitrogen and oxygen atoms in total. The largest absolute Gasteiger partial charge is 0.380 e. The van der Waals surface area contributed by atoms with Gasteiger partial charge in [0, 0.05) is 25.4 Å². The molecule has 0 aromatic heterocycles. The molecule has 0 aliphatic carbocycles.